The molecule has 0 aromatic carbocycles. The largest absolute Gasteiger partial charge is 0.205 e. The Morgan fingerprint density at radius 2 is 2.22 bits per heavy atom. The molecule has 0 unspecified atom stereocenters. The van der Waals surface area contributed by atoms with E-state index in [1.54, 1.807) is 16.7 Å². The van der Waals surface area contributed by atoms with Gasteiger partial charge in [-0.15, -0.1) is 22.7 Å². The quantitative estimate of drug-likeness (QED) is 0.552. The summed E-state index contributed by atoms with van der Waals surface area (Å²) in [5.41, 5.74) is 0. The molecule has 0 N–H and O–H groups in total. The van der Waals surface area contributed by atoms with Gasteiger partial charge in [-0.05, 0) is 11.4 Å². The van der Waals surface area contributed by atoms with Crippen molar-refractivity contribution < 1.29 is 4.39 Å². The van der Waals surface area contributed by atoms with Crippen molar-refractivity contribution in [3.05, 3.63) is 22.6 Å². The van der Waals surface area contributed by atoms with Crippen LogP contribution in [0.2, 0.25) is 0 Å². The first-order chi connectivity index (χ1) is 4.38. The third-order valence-corrected chi connectivity index (χ3v) is 3.20. The summed E-state index contributed by atoms with van der Waals surface area (Å²) in [5, 5.41) is 4.22. The highest BCUT2D eigenvalue weighted by atomic mass is 32.2. The summed E-state index contributed by atoms with van der Waals surface area (Å²) >= 11 is 3.05. The lowest BCUT2D eigenvalue weighted by Gasteiger charge is -1.71. The molecule has 2 aromatic rings. The molecule has 9 heavy (non-hydrogen) atoms. The van der Waals surface area contributed by atoms with Crippen LogP contribution >= 0.6 is 22.7 Å². The Labute approximate surface area is 59.6 Å². The molecule has 0 atom stereocenters. The van der Waals surface area contributed by atoms with Crippen molar-refractivity contribution in [3.63, 3.8) is 0 Å². The lowest BCUT2D eigenvalue weighted by Crippen LogP contribution is -1.56. The Balaban J connectivity index is 2.99. The number of hydrogen-bond acceptors (Lipinski definition) is 2. The minimum absolute atomic E-state index is 0.0868. The molecule has 2 heterocycles. The summed E-state index contributed by atoms with van der Waals surface area (Å²) in [4.78, 5) is 0. The Morgan fingerprint density at radius 3 is 3.00 bits per heavy atom. The maximum absolute atomic E-state index is 12.6. The van der Waals surface area contributed by atoms with Crippen molar-refractivity contribution in [1.29, 1.82) is 0 Å². The van der Waals surface area contributed by atoms with E-state index < -0.39 is 0 Å². The first-order valence-corrected chi connectivity index (χ1v) is 4.24. The summed E-state index contributed by atoms with van der Waals surface area (Å²) in [7, 11) is 0. The molecule has 0 aliphatic carbocycles. The van der Waals surface area contributed by atoms with Crippen LogP contribution in [0.25, 0.3) is 9.40 Å². The molecule has 0 radical (unpaired) electrons. The predicted octanol–water partition coefficient (Wildman–Crippen LogP) is 3.10. The monoisotopic (exact) mass is 158 g/mol. The van der Waals surface area contributed by atoms with Crippen molar-refractivity contribution in [2.75, 3.05) is 0 Å². The van der Waals surface area contributed by atoms with Crippen LogP contribution < -0.4 is 0 Å². The van der Waals surface area contributed by atoms with E-state index in [1.807, 2.05) is 11.4 Å². The Kier molecular flexibility index (Phi) is 1.07. The molecule has 46 valence electrons. The summed E-state index contributed by atoms with van der Waals surface area (Å²) in [6.45, 7) is 0. The van der Waals surface area contributed by atoms with Gasteiger partial charge in [0.25, 0.3) is 0 Å². The third kappa shape index (κ3) is 0.686. The molecule has 3 heteroatoms. The number of rotatable bonds is 0. The summed E-state index contributed by atoms with van der Waals surface area (Å²) in [5.74, 6) is -0.0868. The second-order valence-electron chi connectivity index (χ2n) is 1.71. The molecule has 0 saturated heterocycles. The average Bonchev–Trinajstić information content (AvgIpc) is 2.35. The van der Waals surface area contributed by atoms with Crippen molar-refractivity contribution in [2.24, 2.45) is 0 Å². The SMILES string of the molecule is Fc1csc2sccc12. The Hall–Kier alpha value is -0.410. The third-order valence-electron chi connectivity index (χ3n) is 1.16. The smallest absolute Gasteiger partial charge is 0.142 e. The Morgan fingerprint density at radius 1 is 1.33 bits per heavy atom. The van der Waals surface area contributed by atoms with Crippen LogP contribution in [0.3, 0.4) is 0 Å². The number of hydrogen-bond donors (Lipinski definition) is 0. The van der Waals surface area contributed by atoms with Gasteiger partial charge < -0.3 is 0 Å². The van der Waals surface area contributed by atoms with E-state index in [1.165, 1.54) is 11.3 Å². The lowest BCUT2D eigenvalue weighted by molar-refractivity contribution is 0.644. The molecule has 0 amide bonds. The highest BCUT2D eigenvalue weighted by Gasteiger charge is 2.01. The Bertz CT molecular complexity index is 320. The molecule has 0 aliphatic heterocycles. The highest BCUT2D eigenvalue weighted by Crippen LogP contribution is 2.28. The van der Waals surface area contributed by atoms with Gasteiger partial charge in [-0.3, -0.25) is 0 Å². The van der Waals surface area contributed by atoms with Gasteiger partial charge in [0.05, 0.1) is 4.01 Å². The van der Waals surface area contributed by atoms with Crippen molar-refractivity contribution in [1.82, 2.24) is 0 Å². The van der Waals surface area contributed by atoms with Gasteiger partial charge >= 0.3 is 0 Å². The van der Waals surface area contributed by atoms with E-state index in [-0.39, 0.29) is 5.82 Å². The molecule has 0 saturated carbocycles. The minimum Gasteiger partial charge on any atom is -0.205 e. The predicted molar refractivity (Wildman–Crippen MR) is 39.7 cm³/mol. The van der Waals surface area contributed by atoms with Crippen molar-refractivity contribution in [3.8, 4) is 0 Å². The second-order valence-corrected chi connectivity index (χ2v) is 3.76. The fourth-order valence-electron chi connectivity index (χ4n) is 0.732. The number of thiophene rings is 2. The van der Waals surface area contributed by atoms with Crippen LogP contribution in [0.15, 0.2) is 16.8 Å². The van der Waals surface area contributed by atoms with Crippen molar-refractivity contribution >= 4 is 32.1 Å². The normalized spacial score (nSPS) is 10.8. The van der Waals surface area contributed by atoms with Gasteiger partial charge in [0.1, 0.15) is 5.82 Å². The molecule has 0 bridgehead atoms. The number of halogens is 1. The lowest BCUT2D eigenvalue weighted by atomic mass is 10.4. The average molecular weight is 158 g/mol. The standard InChI is InChI=1S/C6H3FS2/c7-5-3-9-6-4(5)1-2-8-6/h1-3H. The zero-order chi connectivity index (χ0) is 6.27. The summed E-state index contributed by atoms with van der Waals surface area (Å²) in [6, 6.07) is 1.81. The molecule has 2 rings (SSSR count). The van der Waals surface area contributed by atoms with E-state index in [4.69, 9.17) is 0 Å². The minimum atomic E-state index is -0.0868. The second kappa shape index (κ2) is 1.78. The molecule has 0 spiro atoms. The highest BCUT2D eigenvalue weighted by molar-refractivity contribution is 7.36. The molecular formula is C6H3FS2. The van der Waals surface area contributed by atoms with E-state index in [9.17, 15) is 4.39 Å². The van der Waals surface area contributed by atoms with Crippen LogP contribution in [-0.2, 0) is 0 Å². The molecule has 2 aromatic heterocycles. The van der Waals surface area contributed by atoms with Gasteiger partial charge in [0.15, 0.2) is 0 Å². The van der Waals surface area contributed by atoms with Crippen LogP contribution in [0.1, 0.15) is 0 Å². The zero-order valence-corrected chi connectivity index (χ0v) is 6.06. The van der Waals surface area contributed by atoms with E-state index in [0.717, 1.165) is 9.40 Å². The molecule has 0 aliphatic rings. The molecule has 0 fully saturated rings. The number of fused-ring (bicyclic) bond motifs is 1. The topological polar surface area (TPSA) is 0 Å². The summed E-state index contributed by atoms with van der Waals surface area (Å²) in [6.07, 6.45) is 0. The molecule has 0 nitrogen and oxygen atoms in total. The van der Waals surface area contributed by atoms with Gasteiger partial charge in [-0.1, -0.05) is 0 Å². The van der Waals surface area contributed by atoms with E-state index in [2.05, 4.69) is 0 Å². The van der Waals surface area contributed by atoms with Gasteiger partial charge in [0.2, 0.25) is 0 Å². The van der Waals surface area contributed by atoms with Crippen LogP contribution in [0, 0.1) is 5.82 Å². The molecular weight excluding hydrogens is 155 g/mol. The zero-order valence-electron chi connectivity index (χ0n) is 4.43. The maximum Gasteiger partial charge on any atom is 0.142 e. The maximum atomic E-state index is 12.6. The van der Waals surface area contributed by atoms with Gasteiger partial charge in [-0.25, -0.2) is 4.39 Å². The van der Waals surface area contributed by atoms with E-state index >= 15 is 0 Å². The van der Waals surface area contributed by atoms with Crippen molar-refractivity contribution in [2.45, 2.75) is 0 Å². The fourth-order valence-corrected chi connectivity index (χ4v) is 2.52. The fraction of sp³-hybridized carbons (Fsp3) is 0. The first kappa shape index (κ1) is 5.38. The first-order valence-electron chi connectivity index (χ1n) is 2.48. The van der Waals surface area contributed by atoms with Gasteiger partial charge in [0, 0.05) is 10.8 Å². The van der Waals surface area contributed by atoms with E-state index in [0.29, 0.717) is 0 Å². The van der Waals surface area contributed by atoms with Gasteiger partial charge in [-0.2, -0.15) is 0 Å². The summed E-state index contributed by atoms with van der Waals surface area (Å²) < 4.78 is 13.7. The van der Waals surface area contributed by atoms with Crippen LogP contribution in [-0.4, -0.2) is 0 Å². The van der Waals surface area contributed by atoms with Crippen LogP contribution in [0.4, 0.5) is 4.39 Å². The van der Waals surface area contributed by atoms with Crippen LogP contribution in [0.5, 0.6) is 0 Å².